The molecule has 1 aromatic rings. The first kappa shape index (κ1) is 14.9. The molecule has 2 fully saturated rings. The second kappa shape index (κ2) is 6.80. The Bertz CT molecular complexity index is 492. The fourth-order valence-corrected chi connectivity index (χ4v) is 3.93. The van der Waals surface area contributed by atoms with Crippen LogP contribution in [0.4, 0.5) is 5.69 Å². The van der Waals surface area contributed by atoms with Crippen LogP contribution in [0.2, 0.25) is 5.02 Å². The minimum Gasteiger partial charge on any atom is -0.370 e. The highest BCUT2D eigenvalue weighted by atomic mass is 35.5. The Kier molecular flexibility index (Phi) is 4.81. The first-order valence-corrected chi connectivity index (χ1v) is 8.36. The summed E-state index contributed by atoms with van der Waals surface area (Å²) in [4.78, 5) is 16.1. The van der Waals surface area contributed by atoms with Crippen LogP contribution in [-0.2, 0) is 0 Å². The molecule has 0 atom stereocenters. The molecular weight excluding hydrogens is 284 g/mol. The summed E-state index contributed by atoms with van der Waals surface area (Å²) in [6.07, 6.45) is 6.03. The van der Waals surface area contributed by atoms with E-state index in [1.807, 2.05) is 18.2 Å². The van der Waals surface area contributed by atoms with Gasteiger partial charge in [-0.1, -0.05) is 17.7 Å². The number of piperidine rings is 1. The minimum atomic E-state index is 0.692. The van der Waals surface area contributed by atoms with Crippen LogP contribution >= 0.6 is 11.6 Å². The topological polar surface area (TPSA) is 23.6 Å². The maximum atomic E-state index is 11.2. The zero-order chi connectivity index (χ0) is 14.7. The molecule has 2 heterocycles. The Morgan fingerprint density at radius 1 is 1.14 bits per heavy atom. The van der Waals surface area contributed by atoms with Crippen LogP contribution in [0.1, 0.15) is 36.0 Å². The number of hydrogen-bond donors (Lipinski definition) is 0. The Balaban J connectivity index is 1.61. The highest BCUT2D eigenvalue weighted by Gasteiger charge is 2.24. The van der Waals surface area contributed by atoms with E-state index in [-0.39, 0.29) is 0 Å². The van der Waals surface area contributed by atoms with E-state index >= 15 is 0 Å². The molecule has 3 rings (SSSR count). The van der Waals surface area contributed by atoms with Crippen molar-refractivity contribution in [1.82, 2.24) is 4.90 Å². The number of likely N-dealkylation sites (tertiary alicyclic amines) is 1. The zero-order valence-corrected chi connectivity index (χ0v) is 13.2. The van der Waals surface area contributed by atoms with Crippen molar-refractivity contribution in [2.75, 3.05) is 37.6 Å². The van der Waals surface area contributed by atoms with Crippen LogP contribution in [0.5, 0.6) is 0 Å². The number of carbonyl (C=O) groups excluding carboxylic acids is 1. The molecule has 3 nitrogen and oxygen atoms in total. The number of rotatable bonds is 4. The fourth-order valence-electron chi connectivity index (χ4n) is 3.63. The molecule has 2 saturated heterocycles. The predicted molar refractivity (Wildman–Crippen MR) is 87.5 cm³/mol. The van der Waals surface area contributed by atoms with Crippen molar-refractivity contribution in [3.8, 4) is 0 Å². The lowest BCUT2D eigenvalue weighted by molar-refractivity contribution is 0.112. The maximum Gasteiger partial charge on any atom is 0.152 e. The van der Waals surface area contributed by atoms with Gasteiger partial charge < -0.3 is 9.80 Å². The number of carbonyl (C=O) groups is 1. The van der Waals surface area contributed by atoms with Crippen molar-refractivity contribution >= 4 is 23.6 Å². The first-order chi connectivity index (χ1) is 10.3. The molecule has 2 aliphatic heterocycles. The zero-order valence-electron chi connectivity index (χ0n) is 12.4. The Morgan fingerprint density at radius 2 is 1.86 bits per heavy atom. The van der Waals surface area contributed by atoms with Crippen LogP contribution in [0.15, 0.2) is 18.2 Å². The van der Waals surface area contributed by atoms with Crippen LogP contribution in [0.3, 0.4) is 0 Å². The van der Waals surface area contributed by atoms with Crippen LogP contribution < -0.4 is 4.90 Å². The molecule has 0 amide bonds. The summed E-state index contributed by atoms with van der Waals surface area (Å²) < 4.78 is 0. The molecule has 0 unspecified atom stereocenters. The number of hydrogen-bond acceptors (Lipinski definition) is 3. The van der Waals surface area contributed by atoms with E-state index in [2.05, 4.69) is 9.80 Å². The largest absolute Gasteiger partial charge is 0.370 e. The molecule has 1 aromatic carbocycles. The van der Waals surface area contributed by atoms with Gasteiger partial charge in [0.2, 0.25) is 0 Å². The number of halogens is 1. The molecule has 0 radical (unpaired) electrons. The lowest BCUT2D eigenvalue weighted by Gasteiger charge is -2.36. The summed E-state index contributed by atoms with van der Waals surface area (Å²) in [5, 5.41) is 0.692. The Labute approximate surface area is 131 Å². The fraction of sp³-hybridized carbons (Fsp3) is 0.588. The molecule has 0 spiro atoms. The van der Waals surface area contributed by atoms with Gasteiger partial charge in [0.15, 0.2) is 6.29 Å². The number of para-hydroxylation sites is 1. The van der Waals surface area contributed by atoms with Gasteiger partial charge in [-0.2, -0.15) is 0 Å². The van der Waals surface area contributed by atoms with Gasteiger partial charge in [-0.3, -0.25) is 4.79 Å². The maximum absolute atomic E-state index is 11.2. The smallest absolute Gasteiger partial charge is 0.152 e. The van der Waals surface area contributed by atoms with Crippen LogP contribution in [0.25, 0.3) is 0 Å². The van der Waals surface area contributed by atoms with E-state index in [1.54, 1.807) is 0 Å². The van der Waals surface area contributed by atoms with Gasteiger partial charge in [0.1, 0.15) is 0 Å². The third kappa shape index (κ3) is 3.41. The molecule has 0 aromatic heterocycles. The quantitative estimate of drug-likeness (QED) is 0.796. The summed E-state index contributed by atoms with van der Waals surface area (Å²) >= 11 is 6.31. The highest BCUT2D eigenvalue weighted by Crippen LogP contribution is 2.32. The SMILES string of the molecule is O=Cc1cccc(Cl)c1N1CCC(CN2CCCC2)CC1. The Morgan fingerprint density at radius 3 is 2.52 bits per heavy atom. The first-order valence-electron chi connectivity index (χ1n) is 7.99. The minimum absolute atomic E-state index is 0.692. The summed E-state index contributed by atoms with van der Waals surface area (Å²) in [5.74, 6) is 0.793. The average molecular weight is 307 g/mol. The van der Waals surface area contributed by atoms with Crippen LogP contribution in [0, 0.1) is 5.92 Å². The third-order valence-corrected chi connectivity index (χ3v) is 5.10. The lowest BCUT2D eigenvalue weighted by Crippen LogP contribution is -2.38. The third-order valence-electron chi connectivity index (χ3n) is 4.79. The van der Waals surface area contributed by atoms with Crippen molar-refractivity contribution in [3.63, 3.8) is 0 Å². The molecule has 2 aliphatic rings. The summed E-state index contributed by atoms with van der Waals surface area (Å²) in [6.45, 7) is 5.81. The summed E-state index contributed by atoms with van der Waals surface area (Å²) in [5.41, 5.74) is 1.63. The van der Waals surface area contributed by atoms with Gasteiger partial charge in [0.25, 0.3) is 0 Å². The molecule has 21 heavy (non-hydrogen) atoms. The predicted octanol–water partition coefficient (Wildman–Crippen LogP) is 3.46. The number of nitrogens with zero attached hydrogens (tertiary/aromatic N) is 2. The van der Waals surface area contributed by atoms with Crippen molar-refractivity contribution < 1.29 is 4.79 Å². The van der Waals surface area contributed by atoms with Gasteiger partial charge in [0.05, 0.1) is 10.7 Å². The van der Waals surface area contributed by atoms with Crippen molar-refractivity contribution in [3.05, 3.63) is 28.8 Å². The molecule has 0 aliphatic carbocycles. The molecular formula is C17H23ClN2O. The second-order valence-electron chi connectivity index (χ2n) is 6.23. The second-order valence-corrected chi connectivity index (χ2v) is 6.64. The van der Waals surface area contributed by atoms with Crippen molar-refractivity contribution in [2.45, 2.75) is 25.7 Å². The monoisotopic (exact) mass is 306 g/mol. The van der Waals surface area contributed by atoms with Gasteiger partial charge in [-0.15, -0.1) is 0 Å². The average Bonchev–Trinajstić information content (AvgIpc) is 3.01. The van der Waals surface area contributed by atoms with Crippen molar-refractivity contribution in [1.29, 1.82) is 0 Å². The van der Waals surface area contributed by atoms with Gasteiger partial charge in [-0.05, 0) is 56.8 Å². The number of aldehydes is 1. The molecule has 0 bridgehead atoms. The molecule has 0 N–H and O–H groups in total. The van der Waals surface area contributed by atoms with E-state index in [1.165, 1.54) is 45.3 Å². The van der Waals surface area contributed by atoms with Crippen molar-refractivity contribution in [2.24, 2.45) is 5.92 Å². The van der Waals surface area contributed by atoms with Gasteiger partial charge in [0, 0.05) is 25.2 Å². The standard InChI is InChI=1S/C17H23ClN2O/c18-16-5-3-4-15(13-21)17(16)20-10-6-14(7-11-20)12-19-8-1-2-9-19/h3-5,13-14H,1-2,6-12H2. The van der Waals surface area contributed by atoms with E-state index in [0.717, 1.165) is 31.0 Å². The van der Waals surface area contributed by atoms with Gasteiger partial charge >= 0.3 is 0 Å². The normalized spacial score (nSPS) is 20.9. The molecule has 0 saturated carbocycles. The summed E-state index contributed by atoms with van der Waals surface area (Å²) in [7, 11) is 0. The molecule has 4 heteroatoms. The van der Waals surface area contributed by atoms with Gasteiger partial charge in [-0.25, -0.2) is 0 Å². The number of benzene rings is 1. The van der Waals surface area contributed by atoms with E-state index < -0.39 is 0 Å². The van der Waals surface area contributed by atoms with E-state index in [9.17, 15) is 4.79 Å². The van der Waals surface area contributed by atoms with Crippen LogP contribution in [-0.4, -0.2) is 43.9 Å². The molecule has 114 valence electrons. The summed E-state index contributed by atoms with van der Waals surface area (Å²) in [6, 6.07) is 5.57. The number of anilines is 1. The van der Waals surface area contributed by atoms with E-state index in [4.69, 9.17) is 11.6 Å². The lowest BCUT2D eigenvalue weighted by atomic mass is 9.95. The highest BCUT2D eigenvalue weighted by molar-refractivity contribution is 6.33. The van der Waals surface area contributed by atoms with E-state index in [0.29, 0.717) is 10.6 Å². The Hall–Kier alpha value is -1.06.